The average Bonchev–Trinajstić information content (AvgIpc) is 2.93. The number of anilines is 1. The zero-order valence-electron chi connectivity index (χ0n) is 21.8. The minimum Gasteiger partial charge on any atom is -0.493 e. The Balaban J connectivity index is 1.59. The summed E-state index contributed by atoms with van der Waals surface area (Å²) < 4.78 is 10.6. The van der Waals surface area contributed by atoms with Gasteiger partial charge in [0.1, 0.15) is 0 Å². The number of rotatable bonds is 12. The summed E-state index contributed by atoms with van der Waals surface area (Å²) in [5.74, 6) is 1.22. The van der Waals surface area contributed by atoms with Gasteiger partial charge >= 0.3 is 6.03 Å². The van der Waals surface area contributed by atoms with E-state index in [4.69, 9.17) is 9.47 Å². The summed E-state index contributed by atoms with van der Waals surface area (Å²) in [6, 6.07) is 22.8. The smallest absolute Gasteiger partial charge is 0.322 e. The molecule has 37 heavy (non-hydrogen) atoms. The van der Waals surface area contributed by atoms with Gasteiger partial charge in [-0.05, 0) is 67.1 Å². The summed E-state index contributed by atoms with van der Waals surface area (Å²) in [6.07, 6.45) is 2.86. The number of hydrogen-bond acceptors (Lipinski definition) is 5. The van der Waals surface area contributed by atoms with Crippen LogP contribution in [0.25, 0.3) is 0 Å². The second-order valence-electron chi connectivity index (χ2n) is 8.48. The van der Waals surface area contributed by atoms with Crippen LogP contribution in [0.2, 0.25) is 0 Å². The number of nitrogens with zero attached hydrogens (tertiary/aromatic N) is 1. The van der Waals surface area contributed by atoms with Crippen molar-refractivity contribution in [2.45, 2.75) is 30.7 Å². The third kappa shape index (κ3) is 8.18. The van der Waals surface area contributed by atoms with Crippen molar-refractivity contribution in [3.8, 4) is 11.5 Å². The maximum Gasteiger partial charge on any atom is 0.322 e. The molecule has 3 aromatic carbocycles. The second kappa shape index (κ2) is 14.2. The molecule has 3 amide bonds. The fraction of sp³-hybridized carbons (Fsp3) is 0.310. The van der Waals surface area contributed by atoms with E-state index in [0.29, 0.717) is 30.2 Å². The van der Waals surface area contributed by atoms with E-state index in [2.05, 4.69) is 10.6 Å². The Bertz CT molecular complexity index is 1160. The van der Waals surface area contributed by atoms with Crippen LogP contribution in [-0.2, 0) is 11.2 Å². The Kier molecular flexibility index (Phi) is 10.7. The number of methoxy groups -OCH3 is 2. The number of amides is 3. The van der Waals surface area contributed by atoms with Gasteiger partial charge in [-0.15, -0.1) is 11.8 Å². The number of hydrogen-bond donors (Lipinski definition) is 2. The molecule has 1 unspecified atom stereocenters. The normalized spacial score (nSPS) is 11.4. The van der Waals surface area contributed by atoms with Crippen LogP contribution in [0, 0.1) is 0 Å². The van der Waals surface area contributed by atoms with Crippen molar-refractivity contribution in [2.24, 2.45) is 0 Å². The third-order valence-electron chi connectivity index (χ3n) is 6.12. The summed E-state index contributed by atoms with van der Waals surface area (Å²) in [5.41, 5.74) is 2.75. The van der Waals surface area contributed by atoms with Crippen molar-refractivity contribution in [1.29, 1.82) is 0 Å². The first-order valence-corrected chi connectivity index (χ1v) is 13.4. The van der Waals surface area contributed by atoms with Gasteiger partial charge in [-0.25, -0.2) is 4.79 Å². The van der Waals surface area contributed by atoms with Crippen molar-refractivity contribution in [3.63, 3.8) is 0 Å². The molecule has 3 aromatic rings. The third-order valence-corrected chi connectivity index (χ3v) is 6.86. The van der Waals surface area contributed by atoms with Crippen LogP contribution >= 0.6 is 11.8 Å². The average molecular weight is 522 g/mol. The number of nitrogens with one attached hydrogen (secondary N) is 2. The summed E-state index contributed by atoms with van der Waals surface area (Å²) in [6.45, 7) is 2.74. The molecule has 0 radical (unpaired) electrons. The highest BCUT2D eigenvalue weighted by atomic mass is 32.2. The van der Waals surface area contributed by atoms with E-state index in [1.807, 2.05) is 86.0 Å². The molecule has 7 nitrogen and oxygen atoms in total. The Morgan fingerprint density at radius 2 is 1.65 bits per heavy atom. The largest absolute Gasteiger partial charge is 0.493 e. The SMILES string of the molecule is COc1ccc(CCNC(=O)CCN(C(=O)Nc2ccc(SC)cc2)C(C)c2ccccc2)cc1OC. The van der Waals surface area contributed by atoms with Crippen molar-refractivity contribution in [1.82, 2.24) is 10.2 Å². The molecule has 0 fully saturated rings. The fourth-order valence-corrected chi connectivity index (χ4v) is 4.35. The molecule has 0 aliphatic rings. The lowest BCUT2D eigenvalue weighted by molar-refractivity contribution is -0.121. The van der Waals surface area contributed by atoms with E-state index < -0.39 is 0 Å². The zero-order valence-corrected chi connectivity index (χ0v) is 22.6. The predicted molar refractivity (Wildman–Crippen MR) is 150 cm³/mol. The molecule has 196 valence electrons. The molecule has 0 saturated heterocycles. The number of benzene rings is 3. The van der Waals surface area contributed by atoms with Gasteiger partial charge in [-0.2, -0.15) is 0 Å². The second-order valence-corrected chi connectivity index (χ2v) is 9.36. The summed E-state index contributed by atoms with van der Waals surface area (Å²) >= 11 is 1.65. The van der Waals surface area contributed by atoms with Crippen LogP contribution in [0.3, 0.4) is 0 Å². The molecule has 0 bridgehead atoms. The summed E-state index contributed by atoms with van der Waals surface area (Å²) in [4.78, 5) is 28.7. The first-order valence-electron chi connectivity index (χ1n) is 12.2. The van der Waals surface area contributed by atoms with Gasteiger partial charge in [0.2, 0.25) is 5.91 Å². The van der Waals surface area contributed by atoms with Crippen LogP contribution in [0.15, 0.2) is 77.7 Å². The van der Waals surface area contributed by atoms with Crippen molar-refractivity contribution >= 4 is 29.4 Å². The molecular weight excluding hydrogens is 486 g/mol. The molecule has 2 N–H and O–H groups in total. The predicted octanol–water partition coefficient (Wildman–Crippen LogP) is 5.77. The first-order chi connectivity index (χ1) is 17.9. The van der Waals surface area contributed by atoms with E-state index in [1.165, 1.54) is 0 Å². The van der Waals surface area contributed by atoms with Gasteiger partial charge in [-0.1, -0.05) is 36.4 Å². The number of ether oxygens (including phenoxy) is 2. The van der Waals surface area contributed by atoms with Crippen LogP contribution in [0.5, 0.6) is 11.5 Å². The molecule has 0 saturated carbocycles. The topological polar surface area (TPSA) is 79.9 Å². The van der Waals surface area contributed by atoms with Gasteiger partial charge in [-0.3, -0.25) is 4.79 Å². The van der Waals surface area contributed by atoms with Crippen molar-refractivity contribution in [2.75, 3.05) is 38.9 Å². The van der Waals surface area contributed by atoms with E-state index in [1.54, 1.807) is 30.9 Å². The molecule has 0 aliphatic heterocycles. The lowest BCUT2D eigenvalue weighted by Crippen LogP contribution is -2.40. The fourth-order valence-electron chi connectivity index (χ4n) is 3.94. The van der Waals surface area contributed by atoms with Crippen molar-refractivity contribution in [3.05, 3.63) is 83.9 Å². The Morgan fingerprint density at radius 3 is 2.30 bits per heavy atom. The molecule has 0 spiro atoms. The van der Waals surface area contributed by atoms with E-state index >= 15 is 0 Å². The van der Waals surface area contributed by atoms with Gasteiger partial charge in [0.05, 0.1) is 20.3 Å². The number of carbonyl (C=O) groups is 2. The van der Waals surface area contributed by atoms with Crippen LogP contribution in [0.4, 0.5) is 10.5 Å². The molecule has 3 rings (SSSR count). The monoisotopic (exact) mass is 521 g/mol. The maximum absolute atomic E-state index is 13.3. The highest BCUT2D eigenvalue weighted by Crippen LogP contribution is 2.27. The van der Waals surface area contributed by atoms with Gasteiger partial charge in [0.15, 0.2) is 11.5 Å². The Hall–Kier alpha value is -3.65. The minimum absolute atomic E-state index is 0.108. The van der Waals surface area contributed by atoms with Crippen LogP contribution in [0.1, 0.15) is 30.5 Å². The molecule has 0 aromatic heterocycles. The number of urea groups is 1. The van der Waals surface area contributed by atoms with Crippen LogP contribution in [-0.4, -0.2) is 50.4 Å². The highest BCUT2D eigenvalue weighted by molar-refractivity contribution is 7.98. The van der Waals surface area contributed by atoms with Crippen molar-refractivity contribution < 1.29 is 19.1 Å². The first kappa shape index (κ1) is 27.9. The van der Waals surface area contributed by atoms with E-state index in [9.17, 15) is 9.59 Å². The quantitative estimate of drug-likeness (QED) is 0.296. The number of carbonyl (C=O) groups excluding carboxylic acids is 2. The van der Waals surface area contributed by atoms with Gasteiger partial charge in [0.25, 0.3) is 0 Å². The zero-order chi connectivity index (χ0) is 26.6. The van der Waals surface area contributed by atoms with Gasteiger partial charge < -0.3 is 25.0 Å². The van der Waals surface area contributed by atoms with Crippen LogP contribution < -0.4 is 20.1 Å². The highest BCUT2D eigenvalue weighted by Gasteiger charge is 2.22. The van der Waals surface area contributed by atoms with E-state index in [0.717, 1.165) is 16.0 Å². The maximum atomic E-state index is 13.3. The standard InChI is InChI=1S/C29H35N3O4S/c1-21(23-8-6-5-7-9-23)32(29(34)31-24-11-13-25(37-4)14-12-24)19-17-28(33)30-18-16-22-10-15-26(35-2)27(20-22)36-3/h5-15,20-21H,16-19H2,1-4H3,(H,30,33)(H,31,34). The lowest BCUT2D eigenvalue weighted by Gasteiger charge is -2.29. The Morgan fingerprint density at radius 1 is 0.946 bits per heavy atom. The molecular formula is C29H35N3O4S. The number of thioether (sulfide) groups is 1. The Labute approximate surface area is 223 Å². The summed E-state index contributed by atoms with van der Waals surface area (Å²) in [7, 11) is 3.20. The lowest BCUT2D eigenvalue weighted by atomic mass is 10.1. The van der Waals surface area contributed by atoms with Gasteiger partial charge in [0, 0.05) is 30.1 Å². The molecule has 8 heteroatoms. The molecule has 0 aliphatic carbocycles. The minimum atomic E-state index is -0.244. The van der Waals surface area contributed by atoms with E-state index in [-0.39, 0.29) is 30.9 Å². The molecule has 0 heterocycles. The summed E-state index contributed by atoms with van der Waals surface area (Å²) in [5, 5.41) is 5.94. The molecule has 1 atom stereocenters.